The van der Waals surface area contributed by atoms with Crippen LogP contribution in [0.5, 0.6) is 0 Å². The fourth-order valence-electron chi connectivity index (χ4n) is 5.69. The highest BCUT2D eigenvalue weighted by molar-refractivity contribution is 5.80. The van der Waals surface area contributed by atoms with Crippen LogP contribution in [0.3, 0.4) is 0 Å². The van der Waals surface area contributed by atoms with Gasteiger partial charge >= 0.3 is 12.1 Å². The Labute approximate surface area is 234 Å². The molecule has 13 heteroatoms. The molecule has 1 aromatic rings. The summed E-state index contributed by atoms with van der Waals surface area (Å²) in [5.74, 6) is -1.12. The van der Waals surface area contributed by atoms with Crippen LogP contribution in [0, 0.1) is 5.41 Å². The maximum atomic E-state index is 13.3. The topological polar surface area (TPSA) is 149 Å². The predicted octanol–water partition coefficient (Wildman–Crippen LogP) is 2.27. The first-order valence-corrected chi connectivity index (χ1v) is 13.0. The van der Waals surface area contributed by atoms with Crippen LogP contribution in [0.2, 0.25) is 0 Å². The van der Waals surface area contributed by atoms with Gasteiger partial charge in [0.1, 0.15) is 33.8 Å². The Morgan fingerprint density at radius 3 is 1.57 bits per heavy atom. The second-order valence-corrected chi connectivity index (χ2v) is 9.92. The first kappa shape index (κ1) is 32.2. The number of carbonyl (C=O) groups excluding carboxylic acids is 1. The van der Waals surface area contributed by atoms with Crippen molar-refractivity contribution in [3.63, 3.8) is 0 Å². The summed E-state index contributed by atoms with van der Waals surface area (Å²) in [5, 5.41) is 13.8. The van der Waals surface area contributed by atoms with Gasteiger partial charge in [-0.3, -0.25) is 4.79 Å². The number of aliphatic carboxylic acids is 1. The summed E-state index contributed by atoms with van der Waals surface area (Å²) >= 11 is 0. The van der Waals surface area contributed by atoms with Gasteiger partial charge in [0.2, 0.25) is 0 Å². The number of carboxylic acids is 1. The van der Waals surface area contributed by atoms with Crippen LogP contribution in [0.4, 0.5) is 4.79 Å². The number of carbonyl (C=O) groups is 2. The Kier molecular flexibility index (Phi) is 12.5. The second kappa shape index (κ2) is 15.6. The van der Waals surface area contributed by atoms with E-state index >= 15 is 0 Å². The third kappa shape index (κ3) is 7.68. The molecule has 4 atom stereocenters. The van der Waals surface area contributed by atoms with Crippen LogP contribution in [-0.4, -0.2) is 103 Å². The number of nitrogens with one attached hydrogen (secondary N) is 1. The van der Waals surface area contributed by atoms with Gasteiger partial charge in [0.15, 0.2) is 0 Å². The second-order valence-electron chi connectivity index (χ2n) is 9.92. The maximum absolute atomic E-state index is 13.3. The van der Waals surface area contributed by atoms with Crippen molar-refractivity contribution in [2.75, 3.05) is 55.6 Å². The molecule has 0 aromatic heterocycles. The molecule has 226 valence electrons. The highest BCUT2D eigenvalue weighted by Gasteiger charge is 2.68. The zero-order valence-corrected chi connectivity index (χ0v) is 23.5. The predicted molar refractivity (Wildman–Crippen MR) is 138 cm³/mol. The summed E-state index contributed by atoms with van der Waals surface area (Å²) < 4.78 is 49.4. The molecular formula is C27H41NO12. The zero-order chi connectivity index (χ0) is 29.0. The van der Waals surface area contributed by atoms with Crippen molar-refractivity contribution in [1.29, 1.82) is 0 Å². The number of benzene rings is 1. The lowest BCUT2D eigenvalue weighted by atomic mass is 9.66. The number of methoxy groups -OCH3 is 4. The van der Waals surface area contributed by atoms with Crippen molar-refractivity contribution in [1.82, 2.24) is 5.32 Å². The molecule has 40 heavy (non-hydrogen) atoms. The van der Waals surface area contributed by atoms with E-state index in [-0.39, 0.29) is 59.5 Å². The molecule has 1 aromatic carbocycles. The molecule has 1 amide bonds. The van der Waals surface area contributed by atoms with Crippen molar-refractivity contribution in [3.05, 3.63) is 35.9 Å². The van der Waals surface area contributed by atoms with Gasteiger partial charge in [0, 0.05) is 41.3 Å². The lowest BCUT2D eigenvalue weighted by Crippen LogP contribution is -2.62. The van der Waals surface area contributed by atoms with E-state index in [9.17, 15) is 14.7 Å². The molecule has 0 heterocycles. The van der Waals surface area contributed by atoms with Crippen LogP contribution >= 0.6 is 0 Å². The normalized spacial score (nSPS) is 25.1. The Bertz CT molecular complexity index is 884. The van der Waals surface area contributed by atoms with E-state index in [1.54, 1.807) is 0 Å². The zero-order valence-electron chi connectivity index (χ0n) is 23.5. The van der Waals surface area contributed by atoms with Crippen molar-refractivity contribution in [3.8, 4) is 0 Å². The van der Waals surface area contributed by atoms with Gasteiger partial charge in [-0.05, 0) is 18.4 Å². The number of rotatable bonds is 17. The highest BCUT2D eigenvalue weighted by Crippen LogP contribution is 2.56. The SMILES string of the molecule is COCO[C@H]1CC(NC(=O)OCc2ccccc2)(C2(C(=O)O)C[C@H](OCOC)[C@@H](OCOC)C2)C[C@@H]1OCOC. The molecule has 0 bridgehead atoms. The third-order valence-electron chi connectivity index (χ3n) is 7.51. The molecule has 0 aliphatic heterocycles. The van der Waals surface area contributed by atoms with Gasteiger partial charge in [-0.15, -0.1) is 0 Å². The Balaban J connectivity index is 1.97. The van der Waals surface area contributed by atoms with Crippen molar-refractivity contribution >= 4 is 12.1 Å². The van der Waals surface area contributed by atoms with E-state index in [4.69, 9.17) is 42.6 Å². The maximum Gasteiger partial charge on any atom is 0.407 e. The van der Waals surface area contributed by atoms with E-state index in [1.807, 2.05) is 30.3 Å². The fraction of sp³-hybridized carbons (Fsp3) is 0.704. The average molecular weight is 572 g/mol. The molecule has 0 radical (unpaired) electrons. The molecule has 13 nitrogen and oxygen atoms in total. The number of alkyl carbamates (subject to hydrolysis) is 1. The highest BCUT2D eigenvalue weighted by atomic mass is 16.7. The Morgan fingerprint density at radius 1 is 0.750 bits per heavy atom. The largest absolute Gasteiger partial charge is 0.481 e. The van der Waals surface area contributed by atoms with Gasteiger partial charge < -0.3 is 53.1 Å². The molecule has 2 aliphatic rings. The minimum atomic E-state index is -1.55. The van der Waals surface area contributed by atoms with E-state index in [0.29, 0.717) is 0 Å². The quantitative estimate of drug-likeness (QED) is 0.264. The minimum Gasteiger partial charge on any atom is -0.481 e. The van der Waals surface area contributed by atoms with E-state index in [2.05, 4.69) is 5.32 Å². The molecule has 0 unspecified atom stereocenters. The van der Waals surface area contributed by atoms with Crippen molar-refractivity contribution in [2.45, 2.75) is 62.2 Å². The van der Waals surface area contributed by atoms with Crippen LogP contribution < -0.4 is 5.32 Å². The average Bonchev–Trinajstić information content (AvgIpc) is 3.52. The number of amides is 1. The minimum absolute atomic E-state index is 0.00911. The van der Waals surface area contributed by atoms with Crippen LogP contribution in [0.25, 0.3) is 0 Å². The standard InChI is InChI=1S/C27H41NO12/c1-32-15-37-20-10-26(24(29)30,11-21(20)38-16-33-2)27(28-25(31)36-14-19-8-6-5-7-9-19)12-22(39-17-34-3)23(13-27)40-18-35-4/h5-9,20-23H,10-18H2,1-4H3,(H,28,31)(H,29,30)/t20-,21-,22-,23-/m0/s1. The molecule has 0 spiro atoms. The van der Waals surface area contributed by atoms with Gasteiger partial charge in [-0.1, -0.05) is 30.3 Å². The summed E-state index contributed by atoms with van der Waals surface area (Å²) in [4.78, 5) is 26.5. The Morgan fingerprint density at radius 2 is 1.18 bits per heavy atom. The van der Waals surface area contributed by atoms with Crippen molar-refractivity contribution < 1.29 is 57.3 Å². The molecule has 3 rings (SSSR count). The molecule has 2 aliphatic carbocycles. The lowest BCUT2D eigenvalue weighted by molar-refractivity contribution is -0.157. The smallest absolute Gasteiger partial charge is 0.407 e. The lowest BCUT2D eigenvalue weighted by Gasteiger charge is -2.44. The van der Waals surface area contributed by atoms with Crippen LogP contribution in [0.15, 0.2) is 30.3 Å². The summed E-state index contributed by atoms with van der Waals surface area (Å²) in [5.41, 5.74) is -2.13. The van der Waals surface area contributed by atoms with Crippen LogP contribution in [-0.2, 0) is 54.0 Å². The molecule has 2 fully saturated rings. The van der Waals surface area contributed by atoms with Gasteiger partial charge in [-0.2, -0.15) is 0 Å². The molecule has 2 N–H and O–H groups in total. The summed E-state index contributed by atoms with van der Waals surface area (Å²) in [7, 11) is 5.92. The summed E-state index contributed by atoms with van der Waals surface area (Å²) in [6.45, 7) is -0.219. The number of ether oxygens (including phenoxy) is 9. The first-order valence-electron chi connectivity index (χ1n) is 13.0. The number of hydrogen-bond donors (Lipinski definition) is 2. The number of hydrogen-bond acceptors (Lipinski definition) is 11. The molecule has 2 saturated carbocycles. The van der Waals surface area contributed by atoms with E-state index in [1.165, 1.54) is 28.4 Å². The summed E-state index contributed by atoms with van der Waals surface area (Å²) in [6, 6.07) is 9.18. The summed E-state index contributed by atoms with van der Waals surface area (Å²) in [6.07, 6.45) is -3.05. The van der Waals surface area contributed by atoms with Crippen molar-refractivity contribution in [2.24, 2.45) is 5.41 Å². The van der Waals surface area contributed by atoms with Gasteiger partial charge in [0.25, 0.3) is 0 Å². The van der Waals surface area contributed by atoms with E-state index in [0.717, 1.165) is 5.56 Å². The van der Waals surface area contributed by atoms with Gasteiger partial charge in [0.05, 0.1) is 35.4 Å². The number of carboxylic acid groups (broad SMARTS) is 1. The van der Waals surface area contributed by atoms with E-state index < -0.39 is 47.4 Å². The molecular weight excluding hydrogens is 530 g/mol. The Hall–Kier alpha value is -2.36. The van der Waals surface area contributed by atoms with Gasteiger partial charge in [-0.25, -0.2) is 4.79 Å². The fourth-order valence-corrected chi connectivity index (χ4v) is 5.69. The van der Waals surface area contributed by atoms with Crippen LogP contribution in [0.1, 0.15) is 31.2 Å². The monoisotopic (exact) mass is 571 g/mol. The molecule has 0 saturated heterocycles. The third-order valence-corrected chi connectivity index (χ3v) is 7.51. The first-order chi connectivity index (χ1) is 19.3.